The third kappa shape index (κ3) is 3.46. The molecule has 2 aliphatic heterocycles. The Morgan fingerprint density at radius 1 is 1.00 bits per heavy atom. The van der Waals surface area contributed by atoms with E-state index in [-0.39, 0.29) is 17.4 Å². The van der Waals surface area contributed by atoms with E-state index in [9.17, 15) is 9.18 Å². The molecular weight excluding hydrogens is 329 g/mol. The molecule has 1 saturated carbocycles. The molecule has 142 valence electrons. The quantitative estimate of drug-likeness (QED) is 0.892. The second-order valence-corrected chi connectivity index (χ2v) is 8.17. The highest BCUT2D eigenvalue weighted by Crippen LogP contribution is 2.39. The highest BCUT2D eigenvalue weighted by molar-refractivity contribution is 5.87. The second kappa shape index (κ2) is 7.55. The number of carbonyl (C=O) groups excluding carboxylic acids is 1. The number of halogens is 1. The molecule has 2 heterocycles. The molecular formula is C21H30FN3O. The van der Waals surface area contributed by atoms with Gasteiger partial charge >= 0.3 is 0 Å². The third-order valence-corrected chi connectivity index (χ3v) is 6.46. The fourth-order valence-corrected chi connectivity index (χ4v) is 5.13. The molecule has 5 heteroatoms. The molecule has 1 aromatic carbocycles. The lowest BCUT2D eigenvalue weighted by atomic mass is 9.91. The number of hydrogen-bond acceptors (Lipinski definition) is 3. The lowest BCUT2D eigenvalue weighted by Crippen LogP contribution is -2.59. The van der Waals surface area contributed by atoms with Crippen LogP contribution in [0.15, 0.2) is 24.3 Å². The summed E-state index contributed by atoms with van der Waals surface area (Å²) in [7, 11) is 0. The van der Waals surface area contributed by atoms with Gasteiger partial charge in [-0.3, -0.25) is 9.69 Å². The number of anilines is 1. The van der Waals surface area contributed by atoms with Crippen LogP contribution < -0.4 is 5.32 Å². The first-order valence-corrected chi connectivity index (χ1v) is 10.2. The van der Waals surface area contributed by atoms with Crippen molar-refractivity contribution in [1.29, 1.82) is 0 Å². The molecule has 3 fully saturated rings. The van der Waals surface area contributed by atoms with Crippen molar-refractivity contribution in [3.63, 3.8) is 0 Å². The van der Waals surface area contributed by atoms with E-state index in [0.29, 0.717) is 5.91 Å². The standard InChI is InChI=1S/C21H30FN3O/c22-17-7-9-18(10-8-17)23-19-6-5-13-24(16-19)20(26)21(11-1-2-12-21)25-14-3-4-15-25/h7-10,19,23H,1-6,11-16H2. The van der Waals surface area contributed by atoms with Crippen LogP contribution in [0.25, 0.3) is 0 Å². The molecule has 1 N–H and O–H groups in total. The van der Waals surface area contributed by atoms with E-state index >= 15 is 0 Å². The molecule has 0 bridgehead atoms. The average molecular weight is 359 g/mol. The molecule has 0 spiro atoms. The van der Waals surface area contributed by atoms with Gasteiger partial charge in [0.05, 0.1) is 0 Å². The van der Waals surface area contributed by atoms with E-state index < -0.39 is 0 Å². The Hall–Kier alpha value is -1.62. The monoisotopic (exact) mass is 359 g/mol. The maximum Gasteiger partial charge on any atom is 0.243 e. The Morgan fingerprint density at radius 3 is 2.38 bits per heavy atom. The van der Waals surface area contributed by atoms with Crippen LogP contribution in [0, 0.1) is 5.82 Å². The number of benzene rings is 1. The number of hydrogen-bond donors (Lipinski definition) is 1. The van der Waals surface area contributed by atoms with E-state index in [4.69, 9.17) is 0 Å². The van der Waals surface area contributed by atoms with Gasteiger partial charge in [-0.25, -0.2) is 4.39 Å². The van der Waals surface area contributed by atoms with Gasteiger partial charge in [-0.15, -0.1) is 0 Å². The summed E-state index contributed by atoms with van der Waals surface area (Å²) < 4.78 is 13.1. The number of amides is 1. The fourth-order valence-electron chi connectivity index (χ4n) is 5.13. The first-order chi connectivity index (χ1) is 12.7. The predicted molar refractivity (Wildman–Crippen MR) is 102 cm³/mol. The maximum atomic E-state index is 13.6. The topological polar surface area (TPSA) is 35.6 Å². The summed E-state index contributed by atoms with van der Waals surface area (Å²) in [6.07, 6.45) is 8.93. The Labute approximate surface area is 155 Å². The number of nitrogens with one attached hydrogen (secondary N) is 1. The lowest BCUT2D eigenvalue weighted by molar-refractivity contribution is -0.145. The summed E-state index contributed by atoms with van der Waals surface area (Å²) in [6.45, 7) is 3.79. The average Bonchev–Trinajstić information content (AvgIpc) is 3.35. The van der Waals surface area contributed by atoms with E-state index in [1.54, 1.807) is 12.1 Å². The van der Waals surface area contributed by atoms with Crippen molar-refractivity contribution >= 4 is 11.6 Å². The molecule has 1 atom stereocenters. The predicted octanol–water partition coefficient (Wildman–Crippen LogP) is 3.64. The zero-order valence-electron chi connectivity index (χ0n) is 15.6. The van der Waals surface area contributed by atoms with Crippen LogP contribution in [0.1, 0.15) is 51.4 Å². The van der Waals surface area contributed by atoms with Crippen molar-refractivity contribution < 1.29 is 9.18 Å². The summed E-state index contributed by atoms with van der Waals surface area (Å²) in [5, 5.41) is 3.49. The Kier molecular flexibility index (Phi) is 5.16. The first kappa shape index (κ1) is 17.8. The molecule has 2 saturated heterocycles. The molecule has 1 unspecified atom stereocenters. The number of carbonyl (C=O) groups is 1. The van der Waals surface area contributed by atoms with E-state index in [2.05, 4.69) is 15.1 Å². The van der Waals surface area contributed by atoms with Gasteiger partial charge in [0.1, 0.15) is 11.4 Å². The lowest BCUT2D eigenvalue weighted by Gasteiger charge is -2.43. The molecule has 0 aromatic heterocycles. The minimum atomic E-state index is -0.228. The van der Waals surface area contributed by atoms with Crippen molar-refractivity contribution in [2.45, 2.75) is 62.9 Å². The molecule has 4 rings (SSSR count). The highest BCUT2D eigenvalue weighted by atomic mass is 19.1. The van der Waals surface area contributed by atoms with Crippen molar-refractivity contribution in [3.05, 3.63) is 30.1 Å². The van der Waals surface area contributed by atoms with Gasteiger partial charge in [0.25, 0.3) is 0 Å². The molecule has 4 nitrogen and oxygen atoms in total. The molecule has 26 heavy (non-hydrogen) atoms. The first-order valence-electron chi connectivity index (χ1n) is 10.2. The van der Waals surface area contributed by atoms with E-state index in [1.165, 1.54) is 37.8 Å². The molecule has 0 radical (unpaired) electrons. The van der Waals surface area contributed by atoms with Gasteiger partial charge < -0.3 is 10.2 Å². The van der Waals surface area contributed by atoms with Gasteiger partial charge in [0.2, 0.25) is 5.91 Å². The van der Waals surface area contributed by atoms with Crippen LogP contribution in [0.4, 0.5) is 10.1 Å². The van der Waals surface area contributed by atoms with Crippen LogP contribution in [0.2, 0.25) is 0 Å². The Morgan fingerprint density at radius 2 is 1.69 bits per heavy atom. The Bertz CT molecular complexity index is 621. The van der Waals surface area contributed by atoms with Gasteiger partial charge in [0, 0.05) is 24.8 Å². The summed E-state index contributed by atoms with van der Waals surface area (Å²) in [6, 6.07) is 6.76. The van der Waals surface area contributed by atoms with Gasteiger partial charge in [-0.05, 0) is 75.9 Å². The van der Waals surface area contributed by atoms with Crippen LogP contribution in [-0.2, 0) is 4.79 Å². The number of rotatable bonds is 4. The SMILES string of the molecule is O=C(N1CCCC(Nc2ccc(F)cc2)C1)C1(N2CCCC2)CCCC1. The Balaban J connectivity index is 1.44. The smallest absolute Gasteiger partial charge is 0.243 e. The van der Waals surface area contributed by atoms with Crippen molar-refractivity contribution in [3.8, 4) is 0 Å². The van der Waals surface area contributed by atoms with Gasteiger partial charge in [-0.1, -0.05) is 12.8 Å². The fraction of sp³-hybridized carbons (Fsp3) is 0.667. The van der Waals surface area contributed by atoms with Crippen LogP contribution in [0.3, 0.4) is 0 Å². The number of likely N-dealkylation sites (tertiary alicyclic amines) is 2. The zero-order chi connectivity index (χ0) is 18.0. The van der Waals surface area contributed by atoms with Crippen LogP contribution in [0.5, 0.6) is 0 Å². The van der Waals surface area contributed by atoms with Crippen molar-refractivity contribution in [2.75, 3.05) is 31.5 Å². The summed E-state index contributed by atoms with van der Waals surface area (Å²) in [5.74, 6) is 0.146. The van der Waals surface area contributed by atoms with Crippen molar-refractivity contribution in [2.24, 2.45) is 0 Å². The normalized spacial score (nSPS) is 26.2. The largest absolute Gasteiger partial charge is 0.381 e. The zero-order valence-corrected chi connectivity index (χ0v) is 15.6. The van der Waals surface area contributed by atoms with E-state index in [1.807, 2.05) is 0 Å². The minimum Gasteiger partial charge on any atom is -0.381 e. The molecule has 3 aliphatic rings. The summed E-state index contributed by atoms with van der Waals surface area (Å²) in [4.78, 5) is 18.1. The minimum absolute atomic E-state index is 0.218. The van der Waals surface area contributed by atoms with Gasteiger partial charge in [-0.2, -0.15) is 0 Å². The number of piperidine rings is 1. The number of nitrogens with zero attached hydrogens (tertiary/aromatic N) is 2. The van der Waals surface area contributed by atoms with E-state index in [0.717, 1.165) is 57.5 Å². The van der Waals surface area contributed by atoms with Crippen LogP contribution in [-0.4, -0.2) is 53.5 Å². The van der Waals surface area contributed by atoms with Gasteiger partial charge in [0.15, 0.2) is 0 Å². The van der Waals surface area contributed by atoms with Crippen molar-refractivity contribution in [1.82, 2.24) is 9.80 Å². The molecule has 1 aromatic rings. The molecule has 1 aliphatic carbocycles. The molecule has 1 amide bonds. The summed E-state index contributed by atoms with van der Waals surface area (Å²) in [5.41, 5.74) is 0.703. The third-order valence-electron chi connectivity index (χ3n) is 6.46. The summed E-state index contributed by atoms with van der Waals surface area (Å²) >= 11 is 0. The maximum absolute atomic E-state index is 13.6. The van der Waals surface area contributed by atoms with Crippen LogP contribution >= 0.6 is 0 Å². The second-order valence-electron chi connectivity index (χ2n) is 8.17. The highest BCUT2D eigenvalue weighted by Gasteiger charge is 2.49.